The van der Waals surface area contributed by atoms with Gasteiger partial charge in [0.1, 0.15) is 11.4 Å². The van der Waals surface area contributed by atoms with E-state index in [1.165, 1.54) is 13.2 Å². The van der Waals surface area contributed by atoms with Crippen LogP contribution < -0.4 is 0 Å². The largest absolute Gasteiger partial charge is 0.371 e. The lowest BCUT2D eigenvalue weighted by molar-refractivity contribution is -0.138. The molecule has 0 radical (unpaired) electrons. The number of ketones is 1. The minimum absolute atomic E-state index is 0.0451. The van der Waals surface area contributed by atoms with Crippen LogP contribution >= 0.6 is 15.9 Å². The third-order valence-electron chi connectivity index (χ3n) is 3.07. The fraction of sp³-hybridized carbons (Fsp3) is 0.462. The normalized spacial score (nSPS) is 14.4. The van der Waals surface area contributed by atoms with Gasteiger partial charge in [-0.1, -0.05) is 22.9 Å². The Bertz CT molecular complexity index is 414. The minimum Gasteiger partial charge on any atom is -0.371 e. The molecule has 0 N–H and O–H groups in total. The standard InChI is InChI=1S/C13H16BrFO2/c1-4-13(2,17-3)12(16)8-9-7-10(14)5-6-11(9)15/h5-7H,4,8H2,1-3H3. The van der Waals surface area contributed by atoms with Gasteiger partial charge in [0, 0.05) is 18.0 Å². The van der Waals surface area contributed by atoms with Crippen molar-refractivity contribution in [2.45, 2.75) is 32.3 Å². The number of carbonyl (C=O) groups is 1. The average Bonchev–Trinajstić information content (AvgIpc) is 2.32. The number of carbonyl (C=O) groups excluding carboxylic acids is 1. The first-order chi connectivity index (χ1) is 7.92. The van der Waals surface area contributed by atoms with E-state index in [1.54, 1.807) is 19.1 Å². The molecular formula is C13H16BrFO2. The van der Waals surface area contributed by atoms with E-state index >= 15 is 0 Å². The SMILES string of the molecule is CCC(C)(OC)C(=O)Cc1cc(Br)ccc1F. The molecule has 0 heterocycles. The van der Waals surface area contributed by atoms with Gasteiger partial charge in [-0.2, -0.15) is 0 Å². The van der Waals surface area contributed by atoms with Crippen molar-refractivity contribution in [3.05, 3.63) is 34.1 Å². The molecular weight excluding hydrogens is 287 g/mol. The van der Waals surface area contributed by atoms with Crippen molar-refractivity contribution < 1.29 is 13.9 Å². The molecule has 1 unspecified atom stereocenters. The van der Waals surface area contributed by atoms with Crippen LogP contribution in [0.4, 0.5) is 4.39 Å². The molecule has 0 aliphatic heterocycles. The summed E-state index contributed by atoms with van der Waals surface area (Å²) in [4.78, 5) is 12.1. The summed E-state index contributed by atoms with van der Waals surface area (Å²) in [6.07, 6.45) is 0.613. The molecule has 1 rings (SSSR count). The quantitative estimate of drug-likeness (QED) is 0.832. The monoisotopic (exact) mass is 302 g/mol. The van der Waals surface area contributed by atoms with Gasteiger partial charge in [0.15, 0.2) is 5.78 Å². The van der Waals surface area contributed by atoms with E-state index in [9.17, 15) is 9.18 Å². The van der Waals surface area contributed by atoms with Gasteiger partial charge >= 0.3 is 0 Å². The molecule has 1 atom stereocenters. The van der Waals surface area contributed by atoms with Gasteiger partial charge in [-0.25, -0.2) is 4.39 Å². The first kappa shape index (κ1) is 14.3. The number of halogens is 2. The maximum atomic E-state index is 13.5. The van der Waals surface area contributed by atoms with Gasteiger partial charge in [0.05, 0.1) is 0 Å². The first-order valence-electron chi connectivity index (χ1n) is 5.45. The number of benzene rings is 1. The third kappa shape index (κ3) is 3.36. The Hall–Kier alpha value is -0.740. The predicted octanol–water partition coefficient (Wildman–Crippen LogP) is 3.51. The highest BCUT2D eigenvalue weighted by molar-refractivity contribution is 9.10. The van der Waals surface area contributed by atoms with Crippen LogP contribution in [-0.2, 0) is 16.0 Å². The van der Waals surface area contributed by atoms with E-state index in [0.717, 1.165) is 4.47 Å². The van der Waals surface area contributed by atoms with Crippen LogP contribution in [0.5, 0.6) is 0 Å². The number of rotatable bonds is 5. The van der Waals surface area contributed by atoms with Crippen LogP contribution in [0.25, 0.3) is 0 Å². The summed E-state index contributed by atoms with van der Waals surface area (Å²) in [6, 6.07) is 4.58. The molecule has 0 aromatic heterocycles. The molecule has 0 aliphatic carbocycles. The molecule has 1 aromatic rings. The summed E-state index contributed by atoms with van der Waals surface area (Å²) in [7, 11) is 1.50. The topological polar surface area (TPSA) is 26.3 Å². The van der Waals surface area contributed by atoms with Gasteiger partial charge in [-0.15, -0.1) is 0 Å². The van der Waals surface area contributed by atoms with Crippen LogP contribution in [0, 0.1) is 5.82 Å². The Labute approximate surface area is 109 Å². The second-order valence-corrected chi connectivity index (χ2v) is 5.04. The third-order valence-corrected chi connectivity index (χ3v) is 3.57. The molecule has 0 saturated heterocycles. The Balaban J connectivity index is 2.91. The van der Waals surface area contributed by atoms with E-state index in [1.807, 2.05) is 6.92 Å². The van der Waals surface area contributed by atoms with Crippen molar-refractivity contribution >= 4 is 21.7 Å². The molecule has 0 spiro atoms. The number of hydrogen-bond donors (Lipinski definition) is 0. The first-order valence-corrected chi connectivity index (χ1v) is 6.24. The summed E-state index contributed by atoms with van der Waals surface area (Å²) < 4.78 is 19.5. The number of Topliss-reactive ketones (excluding diaryl/α,β-unsaturated/α-hetero) is 1. The molecule has 17 heavy (non-hydrogen) atoms. The van der Waals surface area contributed by atoms with Gasteiger partial charge in [0.25, 0.3) is 0 Å². The number of hydrogen-bond acceptors (Lipinski definition) is 2. The highest BCUT2D eigenvalue weighted by Crippen LogP contribution is 2.21. The van der Waals surface area contributed by atoms with Crippen molar-refractivity contribution in [3.8, 4) is 0 Å². The Morgan fingerprint density at radius 3 is 2.71 bits per heavy atom. The Morgan fingerprint density at radius 1 is 1.53 bits per heavy atom. The molecule has 4 heteroatoms. The van der Waals surface area contributed by atoms with E-state index in [4.69, 9.17) is 4.74 Å². The molecule has 0 fully saturated rings. The fourth-order valence-corrected chi connectivity index (χ4v) is 1.90. The fourth-order valence-electron chi connectivity index (χ4n) is 1.49. The van der Waals surface area contributed by atoms with E-state index in [2.05, 4.69) is 15.9 Å². The summed E-state index contributed by atoms with van der Waals surface area (Å²) in [5.41, 5.74) is -0.449. The van der Waals surface area contributed by atoms with Crippen molar-refractivity contribution in [2.24, 2.45) is 0 Å². The van der Waals surface area contributed by atoms with Crippen molar-refractivity contribution in [2.75, 3.05) is 7.11 Å². The zero-order valence-electron chi connectivity index (χ0n) is 10.2. The lowest BCUT2D eigenvalue weighted by Crippen LogP contribution is -2.38. The summed E-state index contributed by atoms with van der Waals surface area (Å²) in [5, 5.41) is 0. The number of methoxy groups -OCH3 is 1. The highest BCUT2D eigenvalue weighted by atomic mass is 79.9. The second-order valence-electron chi connectivity index (χ2n) is 4.12. The molecule has 0 aliphatic rings. The Morgan fingerprint density at radius 2 is 2.18 bits per heavy atom. The maximum Gasteiger partial charge on any atom is 0.168 e. The molecule has 2 nitrogen and oxygen atoms in total. The summed E-state index contributed by atoms with van der Waals surface area (Å²) in [5.74, 6) is -0.476. The predicted molar refractivity (Wildman–Crippen MR) is 68.5 cm³/mol. The van der Waals surface area contributed by atoms with Crippen molar-refractivity contribution in [1.82, 2.24) is 0 Å². The minimum atomic E-state index is -0.839. The lowest BCUT2D eigenvalue weighted by atomic mass is 9.92. The second kappa shape index (κ2) is 5.74. The van der Waals surface area contributed by atoms with Crippen LogP contribution in [0.1, 0.15) is 25.8 Å². The highest BCUT2D eigenvalue weighted by Gasteiger charge is 2.30. The molecule has 1 aromatic carbocycles. The molecule has 0 amide bonds. The smallest absolute Gasteiger partial charge is 0.168 e. The van der Waals surface area contributed by atoms with Gasteiger partial charge in [0.2, 0.25) is 0 Å². The van der Waals surface area contributed by atoms with Gasteiger partial charge in [-0.05, 0) is 37.1 Å². The van der Waals surface area contributed by atoms with Crippen LogP contribution in [0.2, 0.25) is 0 Å². The van der Waals surface area contributed by atoms with E-state index in [0.29, 0.717) is 12.0 Å². The average molecular weight is 303 g/mol. The van der Waals surface area contributed by atoms with Crippen molar-refractivity contribution in [1.29, 1.82) is 0 Å². The maximum absolute atomic E-state index is 13.5. The van der Waals surface area contributed by atoms with Crippen LogP contribution in [0.15, 0.2) is 22.7 Å². The molecule has 0 bridgehead atoms. The van der Waals surface area contributed by atoms with E-state index < -0.39 is 5.60 Å². The van der Waals surface area contributed by atoms with Crippen molar-refractivity contribution in [3.63, 3.8) is 0 Å². The number of ether oxygens (including phenoxy) is 1. The molecule has 94 valence electrons. The van der Waals surface area contributed by atoms with Crippen LogP contribution in [0.3, 0.4) is 0 Å². The summed E-state index contributed by atoms with van der Waals surface area (Å²) >= 11 is 3.26. The van der Waals surface area contributed by atoms with Gasteiger partial charge in [-0.3, -0.25) is 4.79 Å². The van der Waals surface area contributed by atoms with Gasteiger partial charge < -0.3 is 4.74 Å². The lowest BCUT2D eigenvalue weighted by Gasteiger charge is -2.25. The van der Waals surface area contributed by atoms with E-state index in [-0.39, 0.29) is 18.0 Å². The summed E-state index contributed by atoms with van der Waals surface area (Å²) in [6.45, 7) is 3.60. The van der Waals surface area contributed by atoms with Crippen LogP contribution in [-0.4, -0.2) is 18.5 Å². The zero-order valence-corrected chi connectivity index (χ0v) is 11.8. The zero-order chi connectivity index (χ0) is 13.1. The molecule has 0 saturated carbocycles. The Kier molecular flexibility index (Phi) is 4.83.